The van der Waals surface area contributed by atoms with Crippen LogP contribution in [0, 0.1) is 6.92 Å². The van der Waals surface area contributed by atoms with Gasteiger partial charge in [-0.2, -0.15) is 0 Å². The van der Waals surface area contributed by atoms with Crippen LogP contribution in [0.3, 0.4) is 0 Å². The van der Waals surface area contributed by atoms with Crippen LogP contribution in [0.1, 0.15) is 43.2 Å². The third-order valence-corrected chi connectivity index (χ3v) is 4.75. The minimum absolute atomic E-state index is 0. The molecular weight excluding hydrogens is 286 g/mol. The number of hydrogen-bond donors (Lipinski definition) is 0. The molecule has 0 aliphatic carbocycles. The van der Waals surface area contributed by atoms with Gasteiger partial charge in [-0.1, -0.05) is 19.1 Å². The Morgan fingerprint density at radius 3 is 2.90 bits per heavy atom. The molecule has 2 aliphatic rings. The number of aryl methyl sites for hydroxylation is 1. The smallest absolute Gasteiger partial charge is 0.165 e. The van der Waals surface area contributed by atoms with Crippen LogP contribution in [0.2, 0.25) is 0 Å². The summed E-state index contributed by atoms with van der Waals surface area (Å²) in [6, 6.07) is 4.96. The molecule has 0 amide bonds. The minimum Gasteiger partial charge on any atom is -0.493 e. The van der Waals surface area contributed by atoms with Crippen LogP contribution >= 0.6 is 12.4 Å². The van der Waals surface area contributed by atoms with Gasteiger partial charge in [-0.25, -0.2) is 0 Å². The van der Waals surface area contributed by atoms with Crippen molar-refractivity contribution in [2.24, 2.45) is 0 Å². The lowest BCUT2D eigenvalue weighted by molar-refractivity contribution is 0.0642. The molecule has 2 heterocycles. The van der Waals surface area contributed by atoms with Crippen molar-refractivity contribution in [2.75, 3.05) is 26.8 Å². The highest BCUT2D eigenvalue weighted by molar-refractivity contribution is 5.85. The average molecular weight is 312 g/mol. The average Bonchev–Trinajstić information content (AvgIpc) is 2.47. The number of ether oxygens (including phenoxy) is 2. The molecular formula is C17H26ClNO2. The Morgan fingerprint density at radius 2 is 2.19 bits per heavy atom. The van der Waals surface area contributed by atoms with Crippen LogP contribution in [0.15, 0.2) is 12.1 Å². The monoisotopic (exact) mass is 311 g/mol. The highest BCUT2D eigenvalue weighted by atomic mass is 35.5. The summed E-state index contributed by atoms with van der Waals surface area (Å²) in [4.78, 5) is 2.61. The maximum absolute atomic E-state index is 6.11. The molecule has 118 valence electrons. The zero-order valence-corrected chi connectivity index (χ0v) is 14.0. The Hall–Kier alpha value is -0.930. The minimum atomic E-state index is 0. The lowest BCUT2D eigenvalue weighted by atomic mass is 9.81. The zero-order chi connectivity index (χ0) is 14.1. The molecule has 2 atom stereocenters. The van der Waals surface area contributed by atoms with Gasteiger partial charge in [0.05, 0.1) is 13.2 Å². The maximum Gasteiger partial charge on any atom is 0.165 e. The van der Waals surface area contributed by atoms with Gasteiger partial charge in [-0.3, -0.25) is 4.90 Å². The standard InChI is InChI=1S/C17H25NO2.ClH/c1-4-9-18-10-5-6-13-14-8-7-12(2)16(19-3)17(14)20-11-15(13)18;/h7-8,13,15H,4-6,9-11H2,1-3H3;1H/t13-,15-;/m1./s1. The van der Waals surface area contributed by atoms with Gasteiger partial charge in [0, 0.05) is 11.5 Å². The molecule has 0 unspecified atom stereocenters. The molecule has 0 aromatic heterocycles. The molecule has 21 heavy (non-hydrogen) atoms. The van der Waals surface area contributed by atoms with Crippen LogP contribution in [0.5, 0.6) is 11.5 Å². The van der Waals surface area contributed by atoms with Crippen molar-refractivity contribution < 1.29 is 9.47 Å². The van der Waals surface area contributed by atoms with E-state index in [0.717, 1.165) is 23.7 Å². The summed E-state index contributed by atoms with van der Waals surface area (Å²) < 4.78 is 11.7. The van der Waals surface area contributed by atoms with Crippen molar-refractivity contribution in [2.45, 2.75) is 45.1 Å². The van der Waals surface area contributed by atoms with Gasteiger partial charge >= 0.3 is 0 Å². The molecule has 4 heteroatoms. The fourth-order valence-corrected chi connectivity index (χ4v) is 3.82. The van der Waals surface area contributed by atoms with Crippen molar-refractivity contribution in [1.29, 1.82) is 0 Å². The van der Waals surface area contributed by atoms with Crippen molar-refractivity contribution >= 4 is 12.4 Å². The quantitative estimate of drug-likeness (QED) is 0.848. The first-order valence-corrected chi connectivity index (χ1v) is 7.80. The maximum atomic E-state index is 6.11. The third-order valence-electron chi connectivity index (χ3n) is 4.75. The lowest BCUT2D eigenvalue weighted by Gasteiger charge is -2.44. The highest BCUT2D eigenvalue weighted by Gasteiger charge is 2.38. The first-order chi connectivity index (χ1) is 9.76. The summed E-state index contributed by atoms with van der Waals surface area (Å²) in [6.07, 6.45) is 3.78. The molecule has 0 N–H and O–H groups in total. The second kappa shape index (κ2) is 6.89. The summed E-state index contributed by atoms with van der Waals surface area (Å²) in [5.41, 5.74) is 2.51. The van der Waals surface area contributed by atoms with E-state index in [1.54, 1.807) is 7.11 Å². The number of nitrogens with zero attached hydrogens (tertiary/aromatic N) is 1. The van der Waals surface area contributed by atoms with E-state index in [0.29, 0.717) is 12.0 Å². The van der Waals surface area contributed by atoms with Gasteiger partial charge < -0.3 is 9.47 Å². The van der Waals surface area contributed by atoms with E-state index < -0.39 is 0 Å². The summed E-state index contributed by atoms with van der Waals surface area (Å²) >= 11 is 0. The van der Waals surface area contributed by atoms with Crippen LogP contribution in [0.4, 0.5) is 0 Å². The molecule has 1 saturated heterocycles. The Kier molecular flexibility index (Phi) is 5.39. The number of fused-ring (bicyclic) bond motifs is 3. The SMILES string of the molecule is CCCN1CCC[C@@H]2c3ccc(C)c(OC)c3OC[C@H]21.Cl. The normalized spacial score (nSPS) is 24.3. The van der Waals surface area contributed by atoms with E-state index in [4.69, 9.17) is 9.47 Å². The summed E-state index contributed by atoms with van der Waals surface area (Å²) in [6.45, 7) is 7.55. The number of likely N-dealkylation sites (tertiary alicyclic amines) is 1. The largest absolute Gasteiger partial charge is 0.493 e. The van der Waals surface area contributed by atoms with Gasteiger partial charge in [0.1, 0.15) is 6.61 Å². The molecule has 3 nitrogen and oxygen atoms in total. The molecule has 3 rings (SSSR count). The first kappa shape index (κ1) is 16.4. The molecule has 1 aromatic rings. The van der Waals surface area contributed by atoms with E-state index in [1.165, 1.54) is 37.9 Å². The van der Waals surface area contributed by atoms with Gasteiger partial charge in [0.15, 0.2) is 11.5 Å². The third kappa shape index (κ3) is 2.86. The Bertz CT molecular complexity index is 490. The van der Waals surface area contributed by atoms with Gasteiger partial charge in [-0.15, -0.1) is 12.4 Å². The summed E-state index contributed by atoms with van der Waals surface area (Å²) in [5, 5.41) is 0. The van der Waals surface area contributed by atoms with Crippen molar-refractivity contribution in [1.82, 2.24) is 4.90 Å². The van der Waals surface area contributed by atoms with Crippen molar-refractivity contribution in [3.63, 3.8) is 0 Å². The number of piperidine rings is 1. The molecule has 0 saturated carbocycles. The van der Waals surface area contributed by atoms with E-state index in [-0.39, 0.29) is 12.4 Å². The van der Waals surface area contributed by atoms with Gasteiger partial charge in [-0.05, 0) is 44.8 Å². The Labute approximate surface area is 134 Å². The number of rotatable bonds is 3. The molecule has 0 spiro atoms. The van der Waals surface area contributed by atoms with E-state index in [9.17, 15) is 0 Å². The fraction of sp³-hybridized carbons (Fsp3) is 0.647. The number of benzene rings is 1. The number of hydrogen-bond acceptors (Lipinski definition) is 3. The summed E-state index contributed by atoms with van der Waals surface area (Å²) in [7, 11) is 1.74. The lowest BCUT2D eigenvalue weighted by Crippen LogP contribution is -2.49. The molecule has 2 aliphatic heterocycles. The zero-order valence-electron chi connectivity index (χ0n) is 13.2. The van der Waals surface area contributed by atoms with Crippen LogP contribution < -0.4 is 9.47 Å². The van der Waals surface area contributed by atoms with Crippen LogP contribution in [-0.4, -0.2) is 37.7 Å². The fourth-order valence-electron chi connectivity index (χ4n) is 3.82. The van der Waals surface area contributed by atoms with E-state index >= 15 is 0 Å². The second-order valence-corrected chi connectivity index (χ2v) is 6.00. The molecule has 1 fully saturated rings. The van der Waals surface area contributed by atoms with Crippen molar-refractivity contribution in [3.8, 4) is 11.5 Å². The molecule has 0 bridgehead atoms. The first-order valence-electron chi connectivity index (χ1n) is 7.80. The molecule has 0 radical (unpaired) electrons. The van der Waals surface area contributed by atoms with Gasteiger partial charge in [0.25, 0.3) is 0 Å². The second-order valence-electron chi connectivity index (χ2n) is 6.00. The van der Waals surface area contributed by atoms with E-state index in [2.05, 4.69) is 30.9 Å². The predicted octanol–water partition coefficient (Wildman–Crippen LogP) is 3.78. The Balaban J connectivity index is 0.00000161. The summed E-state index contributed by atoms with van der Waals surface area (Å²) in [5.74, 6) is 2.52. The number of halogens is 1. The van der Waals surface area contributed by atoms with Crippen molar-refractivity contribution in [3.05, 3.63) is 23.3 Å². The molecule has 1 aromatic carbocycles. The van der Waals surface area contributed by atoms with Crippen LogP contribution in [-0.2, 0) is 0 Å². The highest BCUT2D eigenvalue weighted by Crippen LogP contribution is 2.46. The number of methoxy groups -OCH3 is 1. The van der Waals surface area contributed by atoms with Gasteiger partial charge in [0.2, 0.25) is 0 Å². The Morgan fingerprint density at radius 1 is 1.38 bits per heavy atom. The van der Waals surface area contributed by atoms with Crippen LogP contribution in [0.25, 0.3) is 0 Å². The predicted molar refractivity (Wildman–Crippen MR) is 88.1 cm³/mol. The topological polar surface area (TPSA) is 21.7 Å². The van der Waals surface area contributed by atoms with E-state index in [1.807, 2.05) is 0 Å².